The van der Waals surface area contributed by atoms with Gasteiger partial charge in [0, 0.05) is 12.4 Å². The molecule has 1 aliphatic carbocycles. The van der Waals surface area contributed by atoms with Crippen LogP contribution in [0.25, 0.3) is 5.65 Å². The molecule has 5 rings (SSSR count). The van der Waals surface area contributed by atoms with E-state index in [-0.39, 0.29) is 12.5 Å². The number of rotatable bonds is 3. The Morgan fingerprint density at radius 3 is 2.82 bits per heavy atom. The van der Waals surface area contributed by atoms with Crippen molar-refractivity contribution in [2.24, 2.45) is 0 Å². The van der Waals surface area contributed by atoms with E-state index >= 15 is 0 Å². The first-order valence-electron chi connectivity index (χ1n) is 9.33. The molecule has 28 heavy (non-hydrogen) atoms. The molecule has 0 spiro atoms. The second-order valence-corrected chi connectivity index (χ2v) is 8.06. The van der Waals surface area contributed by atoms with E-state index < -0.39 is 11.6 Å². The van der Waals surface area contributed by atoms with Gasteiger partial charge in [-0.15, -0.1) is 0 Å². The summed E-state index contributed by atoms with van der Waals surface area (Å²) in [6.45, 7) is 1.89. The topological polar surface area (TPSA) is 66.7 Å². The molecule has 2 aliphatic rings. The number of imidazole rings is 1. The Bertz CT molecular complexity index is 1140. The number of benzene rings is 1. The molecule has 1 N–H and O–H groups in total. The number of pyridine rings is 1. The molecule has 0 unspecified atom stereocenters. The maximum atomic E-state index is 13.2. The summed E-state index contributed by atoms with van der Waals surface area (Å²) in [5.41, 5.74) is 3.73. The van der Waals surface area contributed by atoms with Crippen molar-refractivity contribution in [3.8, 4) is 0 Å². The van der Waals surface area contributed by atoms with Gasteiger partial charge < -0.3 is 9.72 Å². The number of urea groups is 1. The van der Waals surface area contributed by atoms with Crippen molar-refractivity contribution in [3.63, 3.8) is 0 Å². The van der Waals surface area contributed by atoms with Crippen LogP contribution in [0, 0.1) is 0 Å². The maximum absolute atomic E-state index is 13.2. The highest BCUT2D eigenvalue weighted by molar-refractivity contribution is 6.30. The largest absolute Gasteiger partial charge is 0.325 e. The van der Waals surface area contributed by atoms with Crippen molar-refractivity contribution in [1.82, 2.24) is 19.6 Å². The van der Waals surface area contributed by atoms with Crippen LogP contribution >= 0.6 is 11.6 Å². The molecule has 1 aromatic carbocycles. The number of carbonyl (C=O) groups is 2. The molecule has 2 aromatic heterocycles. The predicted octanol–water partition coefficient (Wildman–Crippen LogP) is 3.44. The van der Waals surface area contributed by atoms with E-state index in [0.29, 0.717) is 16.4 Å². The van der Waals surface area contributed by atoms with Crippen molar-refractivity contribution in [1.29, 1.82) is 0 Å². The molecule has 6 nitrogen and oxygen atoms in total. The van der Waals surface area contributed by atoms with Gasteiger partial charge >= 0.3 is 6.03 Å². The number of imide groups is 1. The summed E-state index contributed by atoms with van der Waals surface area (Å²) >= 11 is 6.01. The van der Waals surface area contributed by atoms with Crippen LogP contribution in [-0.4, -0.2) is 26.2 Å². The molecule has 0 radical (unpaired) electrons. The van der Waals surface area contributed by atoms with E-state index in [1.807, 2.05) is 6.07 Å². The standard InChI is InChI=1S/C21H19ClN4O2/c1-21(15-6-5-13-3-2-4-14(13)9-15)19(27)26(20(28)24-21)12-17-11-25-10-16(22)7-8-18(25)23-17/h5-11H,2-4,12H2,1H3,(H,24,28)/t21-/m0/s1. The Morgan fingerprint density at radius 1 is 1.14 bits per heavy atom. The van der Waals surface area contributed by atoms with Gasteiger partial charge in [0.2, 0.25) is 0 Å². The van der Waals surface area contributed by atoms with Gasteiger partial charge in [0.05, 0.1) is 17.3 Å². The summed E-state index contributed by atoms with van der Waals surface area (Å²) in [6.07, 6.45) is 6.77. The molecule has 142 valence electrons. The summed E-state index contributed by atoms with van der Waals surface area (Å²) in [7, 11) is 0. The first kappa shape index (κ1) is 17.3. The lowest BCUT2D eigenvalue weighted by Crippen LogP contribution is -2.41. The van der Waals surface area contributed by atoms with Crippen molar-refractivity contribution < 1.29 is 9.59 Å². The number of nitrogens with zero attached hydrogens (tertiary/aromatic N) is 3. The molecule has 1 saturated heterocycles. The molecule has 0 saturated carbocycles. The lowest BCUT2D eigenvalue weighted by Gasteiger charge is -2.23. The molecule has 0 bridgehead atoms. The Hall–Kier alpha value is -2.86. The summed E-state index contributed by atoms with van der Waals surface area (Å²) in [5.74, 6) is -0.259. The quantitative estimate of drug-likeness (QED) is 0.692. The zero-order valence-corrected chi connectivity index (χ0v) is 16.2. The number of carbonyl (C=O) groups excluding carboxylic acids is 2. The van der Waals surface area contributed by atoms with Gasteiger partial charge in [0.15, 0.2) is 0 Å². The second-order valence-electron chi connectivity index (χ2n) is 7.63. The molecule has 3 amide bonds. The zero-order chi connectivity index (χ0) is 19.5. The van der Waals surface area contributed by atoms with Crippen molar-refractivity contribution in [2.45, 2.75) is 38.3 Å². The van der Waals surface area contributed by atoms with Crippen molar-refractivity contribution in [2.75, 3.05) is 0 Å². The monoisotopic (exact) mass is 394 g/mol. The Labute approximate surface area is 167 Å². The van der Waals surface area contributed by atoms with Gasteiger partial charge in [-0.05, 0) is 55.0 Å². The Morgan fingerprint density at radius 2 is 1.96 bits per heavy atom. The number of nitrogens with one attached hydrogen (secondary N) is 1. The fourth-order valence-electron chi connectivity index (χ4n) is 4.17. The normalized spacial score (nSPS) is 21.4. The van der Waals surface area contributed by atoms with Gasteiger partial charge in [-0.1, -0.05) is 29.8 Å². The van der Waals surface area contributed by atoms with Gasteiger partial charge in [0.25, 0.3) is 5.91 Å². The first-order valence-corrected chi connectivity index (χ1v) is 9.71. The summed E-state index contributed by atoms with van der Waals surface area (Å²) < 4.78 is 1.79. The summed E-state index contributed by atoms with van der Waals surface area (Å²) in [4.78, 5) is 31.5. The third kappa shape index (κ3) is 2.59. The number of halogens is 1. The number of amides is 3. The third-order valence-corrected chi connectivity index (χ3v) is 5.96. The van der Waals surface area contributed by atoms with Gasteiger partial charge in [0.1, 0.15) is 11.2 Å². The van der Waals surface area contributed by atoms with Crippen LogP contribution in [0.3, 0.4) is 0 Å². The zero-order valence-electron chi connectivity index (χ0n) is 15.4. The molecule has 7 heteroatoms. The lowest BCUT2D eigenvalue weighted by atomic mass is 9.89. The maximum Gasteiger partial charge on any atom is 0.325 e. The van der Waals surface area contributed by atoms with Crippen LogP contribution < -0.4 is 5.32 Å². The van der Waals surface area contributed by atoms with Crippen molar-refractivity contribution in [3.05, 3.63) is 70.1 Å². The van der Waals surface area contributed by atoms with Crippen molar-refractivity contribution >= 4 is 29.2 Å². The highest BCUT2D eigenvalue weighted by atomic mass is 35.5. The lowest BCUT2D eigenvalue weighted by molar-refractivity contribution is -0.131. The Kier molecular flexibility index (Phi) is 3.74. The van der Waals surface area contributed by atoms with Crippen LogP contribution in [0.4, 0.5) is 4.79 Å². The summed E-state index contributed by atoms with van der Waals surface area (Å²) in [6, 6.07) is 9.26. The van der Waals surface area contributed by atoms with E-state index in [4.69, 9.17) is 11.6 Å². The highest BCUT2D eigenvalue weighted by Gasteiger charge is 2.49. The molecule has 1 fully saturated rings. The first-order chi connectivity index (χ1) is 13.4. The third-order valence-electron chi connectivity index (χ3n) is 5.74. The van der Waals surface area contributed by atoms with Gasteiger partial charge in [-0.3, -0.25) is 9.69 Å². The molecule has 3 heterocycles. The number of aromatic nitrogens is 2. The molecule has 1 aliphatic heterocycles. The van der Waals surface area contributed by atoms with Crippen LogP contribution in [0.15, 0.2) is 42.7 Å². The van der Waals surface area contributed by atoms with Gasteiger partial charge in [-0.25, -0.2) is 9.78 Å². The molecule has 3 aromatic rings. The molecular formula is C21H19ClN4O2. The molecular weight excluding hydrogens is 376 g/mol. The van der Waals surface area contributed by atoms with Crippen LogP contribution in [0.1, 0.15) is 35.7 Å². The minimum atomic E-state index is -1.06. The number of aryl methyl sites for hydroxylation is 2. The molecule has 1 atom stereocenters. The van der Waals surface area contributed by atoms with Crippen LogP contribution in [-0.2, 0) is 29.7 Å². The van der Waals surface area contributed by atoms with E-state index in [9.17, 15) is 9.59 Å². The van der Waals surface area contributed by atoms with E-state index in [0.717, 1.165) is 24.8 Å². The number of hydrogen-bond donors (Lipinski definition) is 1. The number of hydrogen-bond acceptors (Lipinski definition) is 3. The van der Waals surface area contributed by atoms with Gasteiger partial charge in [-0.2, -0.15) is 0 Å². The second kappa shape index (κ2) is 6.07. The Balaban J connectivity index is 1.45. The smallest absolute Gasteiger partial charge is 0.319 e. The minimum Gasteiger partial charge on any atom is -0.319 e. The fourth-order valence-corrected chi connectivity index (χ4v) is 4.34. The predicted molar refractivity (Wildman–Crippen MR) is 105 cm³/mol. The average molecular weight is 395 g/mol. The highest BCUT2D eigenvalue weighted by Crippen LogP contribution is 2.33. The minimum absolute atomic E-state index is 0.116. The van der Waals surface area contributed by atoms with Crippen LogP contribution in [0.2, 0.25) is 5.02 Å². The van der Waals surface area contributed by atoms with E-state index in [2.05, 4.69) is 22.4 Å². The number of fused-ring (bicyclic) bond motifs is 2. The van der Waals surface area contributed by atoms with E-state index in [1.54, 1.807) is 35.9 Å². The van der Waals surface area contributed by atoms with Crippen LogP contribution in [0.5, 0.6) is 0 Å². The average Bonchev–Trinajstić information content (AvgIpc) is 3.34. The summed E-state index contributed by atoms with van der Waals surface area (Å²) in [5, 5.41) is 3.48. The SMILES string of the molecule is C[C@@]1(c2ccc3c(c2)CCC3)NC(=O)N(Cc2cn3cc(Cl)ccc3n2)C1=O. The van der Waals surface area contributed by atoms with E-state index in [1.165, 1.54) is 16.0 Å². The fraction of sp³-hybridized carbons (Fsp3) is 0.286.